The predicted molar refractivity (Wildman–Crippen MR) is 159 cm³/mol. The molecular formula is C30H37N5O2S2. The molecule has 1 saturated heterocycles. The molecule has 2 heterocycles. The number of hydrogen-bond donors (Lipinski definition) is 1. The predicted octanol–water partition coefficient (Wildman–Crippen LogP) is 5.01. The van der Waals surface area contributed by atoms with E-state index < -0.39 is 11.0 Å². The molecule has 2 aromatic carbocycles. The number of likely N-dealkylation sites (N-methyl/N-ethyl adjacent to an activating group) is 1. The molecule has 0 bridgehead atoms. The van der Waals surface area contributed by atoms with Crippen molar-refractivity contribution in [1.82, 2.24) is 19.5 Å². The highest BCUT2D eigenvalue weighted by molar-refractivity contribution is 7.83. The van der Waals surface area contributed by atoms with Crippen LogP contribution < -0.4 is 9.46 Å². The van der Waals surface area contributed by atoms with Gasteiger partial charge in [0.05, 0.1) is 33.3 Å². The van der Waals surface area contributed by atoms with Gasteiger partial charge in [-0.2, -0.15) is 5.26 Å². The first-order valence-corrected chi connectivity index (χ1v) is 15.8. The molecule has 2 aliphatic rings. The summed E-state index contributed by atoms with van der Waals surface area (Å²) in [6.45, 7) is 6.91. The molecule has 0 spiro atoms. The van der Waals surface area contributed by atoms with E-state index in [2.05, 4.69) is 52.9 Å². The van der Waals surface area contributed by atoms with Crippen LogP contribution in [0.2, 0.25) is 0 Å². The first kappa shape index (κ1) is 27.9. The number of nitriles is 1. The lowest BCUT2D eigenvalue weighted by Crippen LogP contribution is -2.34. The van der Waals surface area contributed by atoms with Crippen LogP contribution in [0.3, 0.4) is 0 Å². The smallest absolute Gasteiger partial charge is 0.137 e. The average molecular weight is 564 g/mol. The van der Waals surface area contributed by atoms with Crippen LogP contribution in [0, 0.1) is 11.3 Å². The van der Waals surface area contributed by atoms with Gasteiger partial charge in [0.25, 0.3) is 0 Å². The third kappa shape index (κ3) is 6.42. The van der Waals surface area contributed by atoms with Crippen LogP contribution in [-0.4, -0.2) is 70.6 Å². The molecule has 206 valence electrons. The minimum absolute atomic E-state index is 0.00579. The standard InChI is InChI=1S/C30H37N5O2S2/c1-20(2)37-28-11-8-21(16-22(28)17-31)30-32-18-29(38-30)26-7-5-6-25-24(26)9-10-27(25)33-39(36)15-14-35-13-12-23(19-35)34(3)4/h5-8,11,16,18,20,23,27,33H,9-10,12-15,19H2,1-4H3/t23-,27-,39?/m0/s1. The van der Waals surface area contributed by atoms with E-state index in [0.29, 0.717) is 23.1 Å². The third-order valence-corrected chi connectivity index (χ3v) is 9.78. The number of ether oxygens (including phenoxy) is 1. The number of thiazole rings is 1. The fourth-order valence-corrected chi connectivity index (χ4v) is 7.58. The Bertz CT molecular complexity index is 1380. The van der Waals surface area contributed by atoms with Crippen molar-refractivity contribution in [1.29, 1.82) is 5.26 Å². The summed E-state index contributed by atoms with van der Waals surface area (Å²) in [5, 5.41) is 10.5. The fourth-order valence-electron chi connectivity index (χ4n) is 5.51. The summed E-state index contributed by atoms with van der Waals surface area (Å²) in [5.41, 5.74) is 5.18. The topological polar surface area (TPSA) is 81.5 Å². The number of hydrogen-bond acceptors (Lipinski definition) is 7. The summed E-state index contributed by atoms with van der Waals surface area (Å²) < 4.78 is 22.1. The monoisotopic (exact) mass is 563 g/mol. The lowest BCUT2D eigenvalue weighted by molar-refractivity contribution is 0.242. The van der Waals surface area contributed by atoms with E-state index in [1.165, 1.54) is 23.1 Å². The molecule has 9 heteroatoms. The normalized spacial score (nSPS) is 19.9. The van der Waals surface area contributed by atoms with E-state index in [9.17, 15) is 9.47 Å². The Hall–Kier alpha value is -2.61. The quantitative estimate of drug-likeness (QED) is 0.373. The van der Waals surface area contributed by atoms with Gasteiger partial charge < -0.3 is 14.5 Å². The number of rotatable bonds is 10. The molecule has 1 fully saturated rings. The summed E-state index contributed by atoms with van der Waals surface area (Å²) in [5.74, 6) is 1.25. The van der Waals surface area contributed by atoms with E-state index in [4.69, 9.17) is 9.72 Å². The van der Waals surface area contributed by atoms with Gasteiger partial charge in [-0.3, -0.25) is 0 Å². The molecule has 5 rings (SSSR count). The molecule has 3 aromatic rings. The van der Waals surface area contributed by atoms with Gasteiger partial charge in [-0.05, 0) is 88.6 Å². The fraction of sp³-hybridized carbons (Fsp3) is 0.467. The van der Waals surface area contributed by atoms with E-state index in [1.54, 1.807) is 11.3 Å². The van der Waals surface area contributed by atoms with Crippen LogP contribution in [0.5, 0.6) is 5.75 Å². The first-order valence-electron chi connectivity index (χ1n) is 13.6. The van der Waals surface area contributed by atoms with E-state index >= 15 is 0 Å². The van der Waals surface area contributed by atoms with Crippen molar-refractivity contribution in [3.05, 3.63) is 59.3 Å². The SMILES string of the molecule is CC(C)Oc1ccc(-c2ncc(-c3cccc4c3CC[C@@H]4NS(=O)CCN3CC[C@H](N(C)C)C3)s2)cc1C#N. The van der Waals surface area contributed by atoms with Gasteiger partial charge in [0, 0.05) is 36.9 Å². The average Bonchev–Trinajstić information content (AvgIpc) is 3.68. The Morgan fingerprint density at radius 1 is 1.28 bits per heavy atom. The molecule has 1 N–H and O–H groups in total. The van der Waals surface area contributed by atoms with Crippen molar-refractivity contribution < 1.29 is 8.95 Å². The van der Waals surface area contributed by atoms with Gasteiger partial charge in [0.1, 0.15) is 16.8 Å². The largest absolute Gasteiger partial charge is 0.490 e. The third-order valence-electron chi connectivity index (χ3n) is 7.60. The van der Waals surface area contributed by atoms with Crippen molar-refractivity contribution in [2.24, 2.45) is 0 Å². The zero-order chi connectivity index (χ0) is 27.5. The molecule has 1 unspecified atom stereocenters. The summed E-state index contributed by atoms with van der Waals surface area (Å²) in [6, 6.07) is 15.0. The number of likely N-dealkylation sites (tertiary alicyclic amines) is 1. The maximum atomic E-state index is 13.0. The number of aromatic nitrogens is 1. The van der Waals surface area contributed by atoms with E-state index in [1.807, 2.05) is 38.2 Å². The molecular weight excluding hydrogens is 526 g/mol. The molecule has 0 radical (unpaired) electrons. The van der Waals surface area contributed by atoms with Gasteiger partial charge >= 0.3 is 0 Å². The number of nitrogens with zero attached hydrogens (tertiary/aromatic N) is 4. The second-order valence-corrected chi connectivity index (χ2v) is 13.2. The maximum Gasteiger partial charge on any atom is 0.137 e. The molecule has 7 nitrogen and oxygen atoms in total. The Balaban J connectivity index is 1.26. The van der Waals surface area contributed by atoms with E-state index in [-0.39, 0.29) is 12.1 Å². The Morgan fingerprint density at radius 2 is 2.13 bits per heavy atom. The Morgan fingerprint density at radius 3 is 2.87 bits per heavy atom. The first-order chi connectivity index (χ1) is 18.8. The van der Waals surface area contributed by atoms with Crippen LogP contribution in [0.1, 0.15) is 49.4 Å². The number of benzene rings is 2. The summed E-state index contributed by atoms with van der Waals surface area (Å²) in [6.07, 6.45) is 5.01. The van der Waals surface area contributed by atoms with Gasteiger partial charge in [0.15, 0.2) is 0 Å². The highest BCUT2D eigenvalue weighted by atomic mass is 32.2. The van der Waals surface area contributed by atoms with Crippen LogP contribution in [0.25, 0.3) is 21.0 Å². The lowest BCUT2D eigenvalue weighted by Gasteiger charge is -2.20. The highest BCUT2D eigenvalue weighted by Crippen LogP contribution is 2.41. The minimum atomic E-state index is -1.07. The van der Waals surface area contributed by atoms with Crippen molar-refractivity contribution >= 4 is 22.3 Å². The van der Waals surface area contributed by atoms with Crippen molar-refractivity contribution in [3.63, 3.8) is 0 Å². The van der Waals surface area contributed by atoms with E-state index in [0.717, 1.165) is 47.9 Å². The van der Waals surface area contributed by atoms with Gasteiger partial charge in [-0.1, -0.05) is 18.2 Å². The summed E-state index contributed by atoms with van der Waals surface area (Å²) >= 11 is 1.63. The lowest BCUT2D eigenvalue weighted by atomic mass is 10.0. The Kier molecular flexibility index (Phi) is 8.79. The van der Waals surface area contributed by atoms with Gasteiger partial charge in [-0.15, -0.1) is 11.3 Å². The van der Waals surface area contributed by atoms with Gasteiger partial charge in [-0.25, -0.2) is 13.9 Å². The van der Waals surface area contributed by atoms with Gasteiger partial charge in [0.2, 0.25) is 0 Å². The molecule has 1 aliphatic heterocycles. The number of fused-ring (bicyclic) bond motifs is 1. The van der Waals surface area contributed by atoms with Crippen molar-refractivity contribution in [2.45, 2.75) is 51.3 Å². The van der Waals surface area contributed by atoms with Crippen LogP contribution in [0.15, 0.2) is 42.6 Å². The second kappa shape index (κ2) is 12.3. The Labute approximate surface area is 238 Å². The molecule has 0 amide bonds. The maximum absolute atomic E-state index is 13.0. The highest BCUT2D eigenvalue weighted by Gasteiger charge is 2.28. The zero-order valence-corrected chi connectivity index (χ0v) is 24.8. The van der Waals surface area contributed by atoms with Crippen molar-refractivity contribution in [2.75, 3.05) is 39.5 Å². The molecule has 0 saturated carbocycles. The van der Waals surface area contributed by atoms with Crippen molar-refractivity contribution in [3.8, 4) is 32.8 Å². The molecule has 39 heavy (non-hydrogen) atoms. The van der Waals surface area contributed by atoms with Crippen LogP contribution in [0.4, 0.5) is 0 Å². The second-order valence-electron chi connectivity index (χ2n) is 10.9. The number of nitrogens with one attached hydrogen (secondary N) is 1. The molecule has 1 aromatic heterocycles. The molecule has 3 atom stereocenters. The summed E-state index contributed by atoms with van der Waals surface area (Å²) in [4.78, 5) is 10.5. The minimum Gasteiger partial charge on any atom is -0.490 e. The summed E-state index contributed by atoms with van der Waals surface area (Å²) in [7, 11) is 3.21. The molecule has 1 aliphatic carbocycles. The van der Waals surface area contributed by atoms with Crippen LogP contribution >= 0.6 is 11.3 Å². The van der Waals surface area contributed by atoms with Crippen LogP contribution in [-0.2, 0) is 17.4 Å². The zero-order valence-electron chi connectivity index (χ0n) is 23.1.